The van der Waals surface area contributed by atoms with E-state index in [4.69, 9.17) is 4.74 Å². The number of carbonyl (C=O) groups is 1. The fourth-order valence-corrected chi connectivity index (χ4v) is 5.08. The SMILES string of the molecule is COc1ccc(S(=O)(=O)CC2CC[C@H](O)C2)cc1C(=O)Nc1ccc(F)cc1. The number of amides is 1. The van der Waals surface area contributed by atoms with E-state index >= 15 is 0 Å². The summed E-state index contributed by atoms with van der Waals surface area (Å²) in [5.74, 6) is -0.930. The van der Waals surface area contributed by atoms with E-state index in [2.05, 4.69) is 5.32 Å². The maximum absolute atomic E-state index is 13.0. The Morgan fingerprint density at radius 3 is 2.54 bits per heavy atom. The number of anilines is 1. The van der Waals surface area contributed by atoms with Gasteiger partial charge in [0.1, 0.15) is 11.6 Å². The van der Waals surface area contributed by atoms with E-state index in [1.165, 1.54) is 49.6 Å². The molecule has 6 nitrogen and oxygen atoms in total. The summed E-state index contributed by atoms with van der Waals surface area (Å²) in [4.78, 5) is 12.7. The second kappa shape index (κ2) is 8.28. The van der Waals surface area contributed by atoms with Crippen molar-refractivity contribution in [3.05, 3.63) is 53.8 Å². The molecule has 1 saturated carbocycles. The fraction of sp³-hybridized carbons (Fsp3) is 0.350. The van der Waals surface area contributed by atoms with E-state index in [1.54, 1.807) is 0 Å². The number of carbonyl (C=O) groups excluding carboxylic acids is 1. The van der Waals surface area contributed by atoms with Crippen LogP contribution in [0.5, 0.6) is 5.75 Å². The van der Waals surface area contributed by atoms with Crippen molar-refractivity contribution in [1.29, 1.82) is 0 Å². The molecule has 2 N–H and O–H groups in total. The van der Waals surface area contributed by atoms with E-state index in [1.807, 2.05) is 0 Å². The Kier molecular flexibility index (Phi) is 6.00. The van der Waals surface area contributed by atoms with Gasteiger partial charge in [0.25, 0.3) is 5.91 Å². The zero-order valence-corrected chi connectivity index (χ0v) is 16.2. The molecular weight excluding hydrogens is 385 g/mol. The number of hydrogen-bond donors (Lipinski definition) is 2. The largest absolute Gasteiger partial charge is 0.496 e. The number of nitrogens with one attached hydrogen (secondary N) is 1. The van der Waals surface area contributed by atoms with Crippen molar-refractivity contribution in [1.82, 2.24) is 0 Å². The van der Waals surface area contributed by atoms with Gasteiger partial charge < -0.3 is 15.2 Å². The minimum atomic E-state index is -3.62. The van der Waals surface area contributed by atoms with Gasteiger partial charge in [-0.05, 0) is 67.6 Å². The topological polar surface area (TPSA) is 92.7 Å². The average molecular weight is 407 g/mol. The second-order valence-electron chi connectivity index (χ2n) is 6.94. The Balaban J connectivity index is 1.84. The molecule has 1 fully saturated rings. The van der Waals surface area contributed by atoms with Crippen molar-refractivity contribution in [2.45, 2.75) is 30.3 Å². The van der Waals surface area contributed by atoms with Crippen molar-refractivity contribution < 1.29 is 27.4 Å². The number of methoxy groups -OCH3 is 1. The third-order valence-corrected chi connectivity index (χ3v) is 6.73. The van der Waals surface area contributed by atoms with Crippen LogP contribution in [0, 0.1) is 11.7 Å². The van der Waals surface area contributed by atoms with Crippen LogP contribution in [0.15, 0.2) is 47.4 Å². The lowest BCUT2D eigenvalue weighted by atomic mass is 10.1. The van der Waals surface area contributed by atoms with Crippen molar-refractivity contribution >= 4 is 21.4 Å². The molecule has 1 amide bonds. The van der Waals surface area contributed by atoms with E-state index in [9.17, 15) is 22.7 Å². The summed E-state index contributed by atoms with van der Waals surface area (Å²) in [6, 6.07) is 9.38. The number of halogens is 1. The smallest absolute Gasteiger partial charge is 0.259 e. The molecule has 0 aromatic heterocycles. The van der Waals surface area contributed by atoms with Crippen LogP contribution in [-0.2, 0) is 9.84 Å². The van der Waals surface area contributed by atoms with Crippen LogP contribution < -0.4 is 10.1 Å². The normalized spacial score (nSPS) is 19.4. The van der Waals surface area contributed by atoms with Crippen LogP contribution in [0.2, 0.25) is 0 Å². The highest BCUT2D eigenvalue weighted by Gasteiger charge is 2.29. The van der Waals surface area contributed by atoms with E-state index in [0.29, 0.717) is 24.9 Å². The lowest BCUT2D eigenvalue weighted by Crippen LogP contribution is -2.17. The van der Waals surface area contributed by atoms with Gasteiger partial charge in [0.05, 0.1) is 29.4 Å². The minimum absolute atomic E-state index is 0.0268. The molecule has 0 aliphatic heterocycles. The molecule has 2 aromatic rings. The number of aliphatic hydroxyl groups excluding tert-OH is 1. The van der Waals surface area contributed by atoms with Crippen LogP contribution in [-0.4, -0.2) is 38.4 Å². The highest BCUT2D eigenvalue weighted by Crippen LogP contribution is 2.30. The summed E-state index contributed by atoms with van der Waals surface area (Å²) in [5, 5.41) is 12.2. The van der Waals surface area contributed by atoms with Gasteiger partial charge in [-0.1, -0.05) is 0 Å². The predicted molar refractivity (Wildman–Crippen MR) is 103 cm³/mol. The first-order chi connectivity index (χ1) is 13.3. The van der Waals surface area contributed by atoms with Crippen molar-refractivity contribution in [2.24, 2.45) is 5.92 Å². The monoisotopic (exact) mass is 407 g/mol. The van der Waals surface area contributed by atoms with Crippen molar-refractivity contribution in [3.8, 4) is 5.75 Å². The first-order valence-electron chi connectivity index (χ1n) is 8.94. The number of aliphatic hydroxyl groups is 1. The Morgan fingerprint density at radius 2 is 1.93 bits per heavy atom. The molecule has 0 radical (unpaired) electrons. The summed E-state index contributed by atoms with van der Waals surface area (Å²) in [6.45, 7) is 0. The van der Waals surface area contributed by atoms with Gasteiger partial charge in [-0.15, -0.1) is 0 Å². The predicted octanol–water partition coefficient (Wildman–Crippen LogP) is 3.02. The molecule has 1 aliphatic carbocycles. The maximum atomic E-state index is 13.0. The standard InChI is InChI=1S/C20H22FNO5S/c1-27-19-9-8-17(28(25,26)12-13-2-7-16(23)10-13)11-18(19)20(24)22-15-5-3-14(21)4-6-15/h3-6,8-9,11,13,16,23H,2,7,10,12H2,1H3,(H,22,24)/t13?,16-/m0/s1. The third-order valence-electron chi connectivity index (χ3n) is 4.85. The van der Waals surface area contributed by atoms with E-state index in [-0.39, 0.29) is 27.9 Å². The van der Waals surface area contributed by atoms with Crippen molar-refractivity contribution in [3.63, 3.8) is 0 Å². The molecule has 28 heavy (non-hydrogen) atoms. The Labute approximate surface area is 163 Å². The Morgan fingerprint density at radius 1 is 1.21 bits per heavy atom. The highest BCUT2D eigenvalue weighted by atomic mass is 32.2. The summed E-state index contributed by atoms with van der Waals surface area (Å²) in [7, 11) is -2.24. The zero-order valence-electron chi connectivity index (χ0n) is 15.4. The molecule has 1 unspecified atom stereocenters. The molecule has 8 heteroatoms. The van der Waals surface area contributed by atoms with Gasteiger partial charge in [0, 0.05) is 5.69 Å². The third kappa shape index (κ3) is 4.69. The molecule has 3 rings (SSSR count). The van der Waals surface area contributed by atoms with Gasteiger partial charge >= 0.3 is 0 Å². The number of hydrogen-bond acceptors (Lipinski definition) is 5. The summed E-state index contributed by atoms with van der Waals surface area (Å²) < 4.78 is 43.8. The first-order valence-corrected chi connectivity index (χ1v) is 10.6. The second-order valence-corrected chi connectivity index (χ2v) is 8.97. The molecule has 0 saturated heterocycles. The summed E-state index contributed by atoms with van der Waals surface area (Å²) in [5.41, 5.74) is 0.445. The quantitative estimate of drug-likeness (QED) is 0.768. The molecule has 1 aliphatic rings. The molecule has 0 heterocycles. The maximum Gasteiger partial charge on any atom is 0.259 e. The van der Waals surface area contributed by atoms with Crippen molar-refractivity contribution in [2.75, 3.05) is 18.2 Å². The fourth-order valence-electron chi connectivity index (χ4n) is 3.40. The molecule has 150 valence electrons. The van der Waals surface area contributed by atoms with Gasteiger partial charge in [-0.3, -0.25) is 4.79 Å². The van der Waals surface area contributed by atoms with Gasteiger partial charge in [-0.2, -0.15) is 0 Å². The number of ether oxygens (including phenoxy) is 1. The highest BCUT2D eigenvalue weighted by molar-refractivity contribution is 7.91. The van der Waals surface area contributed by atoms with Crippen LogP contribution in [0.1, 0.15) is 29.6 Å². The lowest BCUT2D eigenvalue weighted by molar-refractivity contribution is 0.102. The lowest BCUT2D eigenvalue weighted by Gasteiger charge is -2.14. The Bertz CT molecular complexity index is 959. The first kappa shape index (κ1) is 20.3. The molecule has 2 atom stereocenters. The molecule has 0 bridgehead atoms. The van der Waals surface area contributed by atoms with Crippen LogP contribution >= 0.6 is 0 Å². The minimum Gasteiger partial charge on any atom is -0.496 e. The molecule has 0 spiro atoms. The molecular formula is C20H22FNO5S. The van der Waals surface area contributed by atoms with Crippen LogP contribution in [0.3, 0.4) is 0 Å². The zero-order chi connectivity index (χ0) is 20.3. The van der Waals surface area contributed by atoms with Gasteiger partial charge in [0.2, 0.25) is 0 Å². The summed E-state index contributed by atoms with van der Waals surface area (Å²) in [6.07, 6.45) is 1.28. The Hall–Kier alpha value is -2.45. The number of benzene rings is 2. The number of rotatable bonds is 6. The van der Waals surface area contributed by atoms with Crippen LogP contribution in [0.25, 0.3) is 0 Å². The van der Waals surface area contributed by atoms with Gasteiger partial charge in [-0.25, -0.2) is 12.8 Å². The average Bonchev–Trinajstić information content (AvgIpc) is 3.07. The van der Waals surface area contributed by atoms with Gasteiger partial charge in [0.15, 0.2) is 9.84 Å². The van der Waals surface area contributed by atoms with Crippen LogP contribution in [0.4, 0.5) is 10.1 Å². The van der Waals surface area contributed by atoms with E-state index in [0.717, 1.165) is 0 Å². The molecule has 2 aromatic carbocycles. The van der Waals surface area contributed by atoms with E-state index < -0.39 is 27.7 Å². The number of sulfone groups is 1. The summed E-state index contributed by atoms with van der Waals surface area (Å²) >= 11 is 0.